The van der Waals surface area contributed by atoms with Gasteiger partial charge in [-0.05, 0) is 24.2 Å². The zero-order chi connectivity index (χ0) is 8.59. The number of carbonyl (C=O) groups is 1. The Bertz CT molecular complexity index is 165. The Morgan fingerprint density at radius 2 is 1.82 bits per heavy atom. The van der Waals surface area contributed by atoms with Crippen molar-refractivity contribution in [2.75, 3.05) is 0 Å². The standard InChI is InChI=1S/C9H16O2/c1-5-4-8(9(10)11)7(3)6(5)2/h5-8H,4H2,1-3H3,(H,10,11)/t5-,6+,7-,8-/m1/s1. The average molecular weight is 156 g/mol. The highest BCUT2D eigenvalue weighted by molar-refractivity contribution is 5.70. The first kappa shape index (κ1) is 8.57. The Kier molecular flexibility index (Phi) is 2.21. The van der Waals surface area contributed by atoms with Crippen LogP contribution in [0.2, 0.25) is 0 Å². The van der Waals surface area contributed by atoms with Crippen molar-refractivity contribution in [3.05, 3.63) is 0 Å². The zero-order valence-corrected chi connectivity index (χ0v) is 7.37. The van der Waals surface area contributed by atoms with Crippen LogP contribution in [0.1, 0.15) is 27.2 Å². The topological polar surface area (TPSA) is 37.3 Å². The van der Waals surface area contributed by atoms with Crippen molar-refractivity contribution in [3.63, 3.8) is 0 Å². The van der Waals surface area contributed by atoms with Gasteiger partial charge in [0.15, 0.2) is 0 Å². The highest BCUT2D eigenvalue weighted by atomic mass is 16.4. The molecule has 0 spiro atoms. The molecular formula is C9H16O2. The number of rotatable bonds is 1. The molecule has 2 nitrogen and oxygen atoms in total. The summed E-state index contributed by atoms with van der Waals surface area (Å²) < 4.78 is 0. The van der Waals surface area contributed by atoms with Crippen molar-refractivity contribution in [1.29, 1.82) is 0 Å². The summed E-state index contributed by atoms with van der Waals surface area (Å²) in [5, 5.41) is 8.82. The quantitative estimate of drug-likeness (QED) is 0.630. The van der Waals surface area contributed by atoms with Crippen molar-refractivity contribution < 1.29 is 9.90 Å². The minimum absolute atomic E-state index is 0.0972. The summed E-state index contributed by atoms with van der Waals surface area (Å²) in [4.78, 5) is 10.7. The molecule has 0 bridgehead atoms. The smallest absolute Gasteiger partial charge is 0.306 e. The van der Waals surface area contributed by atoms with Crippen LogP contribution in [-0.4, -0.2) is 11.1 Å². The molecule has 0 saturated heterocycles. The first-order valence-electron chi connectivity index (χ1n) is 4.26. The van der Waals surface area contributed by atoms with Gasteiger partial charge in [0, 0.05) is 0 Å². The maximum absolute atomic E-state index is 10.7. The third kappa shape index (κ3) is 1.39. The minimum atomic E-state index is -0.617. The van der Waals surface area contributed by atoms with E-state index in [9.17, 15) is 4.79 Å². The fourth-order valence-corrected chi connectivity index (χ4v) is 2.04. The molecule has 2 heteroatoms. The molecule has 0 aromatic rings. The number of hydrogen-bond acceptors (Lipinski definition) is 1. The minimum Gasteiger partial charge on any atom is -0.481 e. The lowest BCUT2D eigenvalue weighted by molar-refractivity contribution is -0.142. The molecule has 1 N–H and O–H groups in total. The average Bonchev–Trinajstić information content (AvgIpc) is 2.17. The van der Waals surface area contributed by atoms with Crippen LogP contribution in [0.4, 0.5) is 0 Å². The van der Waals surface area contributed by atoms with Crippen molar-refractivity contribution in [3.8, 4) is 0 Å². The summed E-state index contributed by atoms with van der Waals surface area (Å²) in [5.41, 5.74) is 0. The summed E-state index contributed by atoms with van der Waals surface area (Å²) in [7, 11) is 0. The molecular weight excluding hydrogens is 140 g/mol. The summed E-state index contributed by atoms with van der Waals surface area (Å²) in [6.45, 7) is 6.34. The fraction of sp³-hybridized carbons (Fsp3) is 0.889. The molecule has 0 radical (unpaired) electrons. The molecule has 0 unspecified atom stereocenters. The van der Waals surface area contributed by atoms with Gasteiger partial charge in [0.05, 0.1) is 5.92 Å². The van der Waals surface area contributed by atoms with Crippen LogP contribution in [0.15, 0.2) is 0 Å². The zero-order valence-electron chi connectivity index (χ0n) is 7.37. The molecule has 1 saturated carbocycles. The summed E-state index contributed by atoms with van der Waals surface area (Å²) in [6.07, 6.45) is 0.859. The second kappa shape index (κ2) is 2.84. The molecule has 1 aliphatic rings. The van der Waals surface area contributed by atoms with E-state index in [1.54, 1.807) is 0 Å². The van der Waals surface area contributed by atoms with Gasteiger partial charge in [-0.15, -0.1) is 0 Å². The van der Waals surface area contributed by atoms with Crippen molar-refractivity contribution in [2.45, 2.75) is 27.2 Å². The van der Waals surface area contributed by atoms with Gasteiger partial charge in [0.25, 0.3) is 0 Å². The van der Waals surface area contributed by atoms with Crippen molar-refractivity contribution >= 4 is 5.97 Å². The van der Waals surface area contributed by atoms with Gasteiger partial charge in [-0.2, -0.15) is 0 Å². The van der Waals surface area contributed by atoms with Gasteiger partial charge in [-0.1, -0.05) is 20.8 Å². The fourth-order valence-electron chi connectivity index (χ4n) is 2.04. The monoisotopic (exact) mass is 156 g/mol. The third-order valence-electron chi connectivity index (χ3n) is 3.30. The predicted molar refractivity (Wildman–Crippen MR) is 43.2 cm³/mol. The predicted octanol–water partition coefficient (Wildman–Crippen LogP) is 2.00. The lowest BCUT2D eigenvalue weighted by Gasteiger charge is -2.14. The molecule has 0 amide bonds. The van der Waals surface area contributed by atoms with E-state index < -0.39 is 5.97 Å². The SMILES string of the molecule is C[C@@H]1[C@@H](C)[C@H](C(=O)O)C[C@H]1C. The molecule has 11 heavy (non-hydrogen) atoms. The summed E-state index contributed by atoms with van der Waals surface area (Å²) in [5.74, 6) is 0.776. The normalized spacial score (nSPS) is 44.3. The molecule has 64 valence electrons. The highest BCUT2D eigenvalue weighted by Crippen LogP contribution is 2.40. The number of carboxylic acids is 1. The van der Waals surface area contributed by atoms with E-state index in [0.29, 0.717) is 17.8 Å². The van der Waals surface area contributed by atoms with Gasteiger partial charge < -0.3 is 5.11 Å². The molecule has 4 atom stereocenters. The van der Waals surface area contributed by atoms with Crippen molar-refractivity contribution in [1.82, 2.24) is 0 Å². The second-order valence-electron chi connectivity index (χ2n) is 3.88. The van der Waals surface area contributed by atoms with E-state index in [2.05, 4.69) is 13.8 Å². The van der Waals surface area contributed by atoms with Gasteiger partial charge >= 0.3 is 5.97 Å². The lowest BCUT2D eigenvalue weighted by atomic mass is 9.91. The van der Waals surface area contributed by atoms with Crippen LogP contribution < -0.4 is 0 Å². The Morgan fingerprint density at radius 3 is 2.00 bits per heavy atom. The molecule has 0 aromatic carbocycles. The number of aliphatic carboxylic acids is 1. The molecule has 1 rings (SSSR count). The Hall–Kier alpha value is -0.530. The second-order valence-corrected chi connectivity index (χ2v) is 3.88. The first-order valence-corrected chi connectivity index (χ1v) is 4.26. The van der Waals surface area contributed by atoms with Crippen LogP contribution in [-0.2, 0) is 4.79 Å². The van der Waals surface area contributed by atoms with Gasteiger partial charge in [0.2, 0.25) is 0 Å². The summed E-state index contributed by atoms with van der Waals surface area (Å²) >= 11 is 0. The molecule has 1 aliphatic carbocycles. The first-order chi connectivity index (χ1) is 5.04. The van der Waals surface area contributed by atoms with E-state index >= 15 is 0 Å². The van der Waals surface area contributed by atoms with E-state index in [1.807, 2.05) is 6.92 Å². The van der Waals surface area contributed by atoms with Gasteiger partial charge in [-0.25, -0.2) is 0 Å². The van der Waals surface area contributed by atoms with Crippen LogP contribution in [0.3, 0.4) is 0 Å². The molecule has 1 fully saturated rings. The third-order valence-corrected chi connectivity index (χ3v) is 3.30. The highest BCUT2D eigenvalue weighted by Gasteiger charge is 2.39. The number of carboxylic acid groups (broad SMARTS) is 1. The van der Waals surface area contributed by atoms with Gasteiger partial charge in [0.1, 0.15) is 0 Å². The van der Waals surface area contributed by atoms with Crippen LogP contribution in [0.5, 0.6) is 0 Å². The summed E-state index contributed by atoms with van der Waals surface area (Å²) in [6, 6.07) is 0. The van der Waals surface area contributed by atoms with Crippen molar-refractivity contribution in [2.24, 2.45) is 23.7 Å². The van der Waals surface area contributed by atoms with E-state index in [-0.39, 0.29) is 5.92 Å². The molecule has 0 aliphatic heterocycles. The van der Waals surface area contributed by atoms with E-state index in [4.69, 9.17) is 5.11 Å². The molecule has 0 heterocycles. The Morgan fingerprint density at radius 1 is 1.27 bits per heavy atom. The molecule has 0 aromatic heterocycles. The Labute approximate surface area is 67.6 Å². The maximum Gasteiger partial charge on any atom is 0.306 e. The van der Waals surface area contributed by atoms with Crippen LogP contribution in [0.25, 0.3) is 0 Å². The number of hydrogen-bond donors (Lipinski definition) is 1. The van der Waals surface area contributed by atoms with Crippen LogP contribution >= 0.6 is 0 Å². The maximum atomic E-state index is 10.7. The Balaban J connectivity index is 2.67. The largest absolute Gasteiger partial charge is 0.481 e. The van der Waals surface area contributed by atoms with Crippen LogP contribution in [0, 0.1) is 23.7 Å². The lowest BCUT2D eigenvalue weighted by Crippen LogP contribution is -2.18. The van der Waals surface area contributed by atoms with E-state index in [0.717, 1.165) is 6.42 Å². The van der Waals surface area contributed by atoms with Gasteiger partial charge in [-0.3, -0.25) is 4.79 Å². The van der Waals surface area contributed by atoms with E-state index in [1.165, 1.54) is 0 Å².